The van der Waals surface area contributed by atoms with Crippen molar-refractivity contribution in [1.29, 1.82) is 0 Å². The maximum absolute atomic E-state index is 12.5. The number of carbonyl (C=O) groups excluding carboxylic acids is 3. The highest BCUT2D eigenvalue weighted by atomic mass is 35.5. The maximum atomic E-state index is 12.5. The quantitative estimate of drug-likeness (QED) is 0.331. The predicted octanol–water partition coefficient (Wildman–Crippen LogP) is 3.01. The molecule has 170 valence electrons. The fraction of sp³-hybridized carbons (Fsp3) is 0.476. The number of likely N-dealkylation sites (tertiary alicyclic amines) is 1. The van der Waals surface area contributed by atoms with E-state index < -0.39 is 12.0 Å². The molecule has 0 radical (unpaired) electrons. The molecule has 31 heavy (non-hydrogen) atoms. The Kier molecular flexibility index (Phi) is 10.2. The Hall–Kier alpha value is -1.74. The van der Waals surface area contributed by atoms with Gasteiger partial charge < -0.3 is 20.1 Å². The van der Waals surface area contributed by atoms with Crippen LogP contribution in [0.1, 0.15) is 25.3 Å². The van der Waals surface area contributed by atoms with Gasteiger partial charge in [-0.25, -0.2) is 4.79 Å². The van der Waals surface area contributed by atoms with Gasteiger partial charge in [0.1, 0.15) is 6.04 Å². The summed E-state index contributed by atoms with van der Waals surface area (Å²) in [5.41, 5.74) is 0.624. The van der Waals surface area contributed by atoms with Crippen LogP contribution in [0.5, 0.6) is 0 Å². The number of rotatable bonds is 8. The average molecular weight is 489 g/mol. The summed E-state index contributed by atoms with van der Waals surface area (Å²) in [6.45, 7) is 2.50. The van der Waals surface area contributed by atoms with Gasteiger partial charge in [-0.1, -0.05) is 29.3 Å². The maximum Gasteiger partial charge on any atom is 0.328 e. The summed E-state index contributed by atoms with van der Waals surface area (Å²) in [6, 6.07) is 2.87. The first-order valence-electron chi connectivity index (χ1n) is 9.85. The summed E-state index contributed by atoms with van der Waals surface area (Å²) >= 11 is 14.0. The second-order valence-corrected chi connectivity index (χ2v) is 8.93. The van der Waals surface area contributed by atoms with E-state index in [9.17, 15) is 14.4 Å². The molecule has 1 aliphatic heterocycles. The van der Waals surface area contributed by atoms with Crippen molar-refractivity contribution in [2.45, 2.75) is 30.7 Å². The first kappa shape index (κ1) is 25.5. The number of hydrogen-bond donors (Lipinski definition) is 2. The zero-order valence-corrected chi connectivity index (χ0v) is 19.7. The molecule has 0 aliphatic carbocycles. The van der Waals surface area contributed by atoms with Crippen LogP contribution in [0.15, 0.2) is 23.1 Å². The number of halogens is 2. The van der Waals surface area contributed by atoms with Crippen molar-refractivity contribution in [1.82, 2.24) is 10.2 Å². The molecule has 1 aromatic rings. The lowest BCUT2D eigenvalue weighted by Gasteiger charge is -2.31. The first-order valence-corrected chi connectivity index (χ1v) is 11.6. The van der Waals surface area contributed by atoms with Gasteiger partial charge in [-0.2, -0.15) is 0 Å². The standard InChI is InChI=1S/C21H26Cl2N2O5S/c1-13(21(29)30-2)24-20(28)15-7-9-25(10-8-15)17(27)6-4-14-3-5-16(31-12-11-26)19(23)18(14)22/h3-6,13,15,26H,7-12H2,1-2H3,(H,24,28)/b6-4+/t13-/m0/s1. The van der Waals surface area contributed by atoms with E-state index in [2.05, 4.69) is 10.1 Å². The lowest BCUT2D eigenvalue weighted by atomic mass is 9.95. The molecule has 0 spiro atoms. The number of carbonyl (C=O) groups is 3. The third kappa shape index (κ3) is 7.14. The highest BCUT2D eigenvalue weighted by Crippen LogP contribution is 2.36. The van der Waals surface area contributed by atoms with E-state index >= 15 is 0 Å². The topological polar surface area (TPSA) is 95.9 Å². The van der Waals surface area contributed by atoms with Gasteiger partial charge in [-0.05, 0) is 37.5 Å². The van der Waals surface area contributed by atoms with Crippen molar-refractivity contribution in [3.63, 3.8) is 0 Å². The molecule has 2 amide bonds. The van der Waals surface area contributed by atoms with Gasteiger partial charge in [-0.15, -0.1) is 11.8 Å². The fourth-order valence-corrected chi connectivity index (χ4v) is 4.46. The van der Waals surface area contributed by atoms with Gasteiger partial charge in [0, 0.05) is 35.7 Å². The fourth-order valence-electron chi connectivity index (χ4n) is 3.14. The molecule has 1 heterocycles. The van der Waals surface area contributed by atoms with Gasteiger partial charge in [0.2, 0.25) is 11.8 Å². The van der Waals surface area contributed by atoms with Crippen molar-refractivity contribution in [3.05, 3.63) is 33.8 Å². The molecule has 7 nitrogen and oxygen atoms in total. The van der Waals surface area contributed by atoms with Crippen LogP contribution in [0.2, 0.25) is 10.0 Å². The monoisotopic (exact) mass is 488 g/mol. The summed E-state index contributed by atoms with van der Waals surface area (Å²) < 4.78 is 4.61. The summed E-state index contributed by atoms with van der Waals surface area (Å²) in [6.07, 6.45) is 4.09. The number of aliphatic hydroxyl groups excluding tert-OH is 1. The number of nitrogens with one attached hydrogen (secondary N) is 1. The minimum absolute atomic E-state index is 0.0391. The summed E-state index contributed by atoms with van der Waals surface area (Å²) in [5, 5.41) is 12.3. The molecule has 2 N–H and O–H groups in total. The summed E-state index contributed by atoms with van der Waals surface area (Å²) in [7, 11) is 1.27. The Balaban J connectivity index is 1.90. The molecule has 0 saturated carbocycles. The van der Waals surface area contributed by atoms with Crippen molar-refractivity contribution in [3.8, 4) is 0 Å². The molecule has 1 aliphatic rings. The second-order valence-electron chi connectivity index (χ2n) is 7.04. The van der Waals surface area contributed by atoms with Crippen molar-refractivity contribution in [2.75, 3.05) is 32.6 Å². The van der Waals surface area contributed by atoms with Gasteiger partial charge in [0.05, 0.1) is 23.8 Å². The minimum atomic E-state index is -0.704. The highest BCUT2D eigenvalue weighted by molar-refractivity contribution is 7.99. The SMILES string of the molecule is COC(=O)[C@H](C)NC(=O)C1CCN(C(=O)/C=C/c2ccc(SCCO)c(Cl)c2Cl)CC1. The Bertz CT molecular complexity index is 841. The number of ether oxygens (including phenoxy) is 1. The number of hydrogen-bond acceptors (Lipinski definition) is 6. The first-order chi connectivity index (χ1) is 14.8. The van der Waals surface area contributed by atoms with Crippen LogP contribution in [-0.4, -0.2) is 66.4 Å². The second kappa shape index (κ2) is 12.3. The van der Waals surface area contributed by atoms with E-state index in [1.807, 2.05) is 0 Å². The number of amides is 2. The zero-order chi connectivity index (χ0) is 23.0. The van der Waals surface area contributed by atoms with E-state index in [4.69, 9.17) is 28.3 Å². The van der Waals surface area contributed by atoms with Crippen molar-refractivity contribution in [2.24, 2.45) is 5.92 Å². The van der Waals surface area contributed by atoms with Crippen LogP contribution >= 0.6 is 35.0 Å². The van der Waals surface area contributed by atoms with E-state index in [1.54, 1.807) is 30.0 Å². The number of benzene rings is 1. The number of piperidine rings is 1. The number of aliphatic hydroxyl groups is 1. The highest BCUT2D eigenvalue weighted by Gasteiger charge is 2.28. The smallest absolute Gasteiger partial charge is 0.328 e. The van der Waals surface area contributed by atoms with Crippen LogP contribution in [0.4, 0.5) is 0 Å². The van der Waals surface area contributed by atoms with Gasteiger partial charge in [-0.3, -0.25) is 9.59 Å². The average Bonchev–Trinajstić information content (AvgIpc) is 2.78. The Morgan fingerprint density at radius 1 is 1.29 bits per heavy atom. The molecule has 1 aromatic carbocycles. The zero-order valence-electron chi connectivity index (χ0n) is 17.4. The third-order valence-electron chi connectivity index (χ3n) is 4.92. The summed E-state index contributed by atoms with van der Waals surface area (Å²) in [4.78, 5) is 38.7. The summed E-state index contributed by atoms with van der Waals surface area (Å²) in [5.74, 6) is -0.615. The van der Waals surface area contributed by atoms with Gasteiger partial charge in [0.15, 0.2) is 0 Å². The van der Waals surface area contributed by atoms with Crippen molar-refractivity contribution < 1.29 is 24.2 Å². The Morgan fingerprint density at radius 2 is 1.97 bits per heavy atom. The largest absolute Gasteiger partial charge is 0.467 e. The minimum Gasteiger partial charge on any atom is -0.467 e. The van der Waals surface area contributed by atoms with E-state index in [0.29, 0.717) is 47.3 Å². The molecular weight excluding hydrogens is 463 g/mol. The van der Waals surface area contributed by atoms with Crippen LogP contribution in [-0.2, 0) is 19.1 Å². The van der Waals surface area contributed by atoms with E-state index in [1.165, 1.54) is 24.9 Å². The van der Waals surface area contributed by atoms with Crippen LogP contribution in [0, 0.1) is 5.92 Å². The molecule has 10 heteroatoms. The predicted molar refractivity (Wildman–Crippen MR) is 122 cm³/mol. The molecule has 2 rings (SSSR count). The molecular formula is C21H26Cl2N2O5S. The van der Waals surface area contributed by atoms with Crippen LogP contribution < -0.4 is 5.32 Å². The molecule has 1 atom stereocenters. The number of thioether (sulfide) groups is 1. The van der Waals surface area contributed by atoms with Crippen molar-refractivity contribution >= 4 is 58.8 Å². The van der Waals surface area contributed by atoms with E-state index in [-0.39, 0.29) is 24.3 Å². The van der Waals surface area contributed by atoms with Crippen LogP contribution in [0.25, 0.3) is 6.08 Å². The number of methoxy groups -OCH3 is 1. The number of nitrogens with zero attached hydrogens (tertiary/aromatic N) is 1. The lowest BCUT2D eigenvalue weighted by molar-refractivity contribution is -0.145. The van der Waals surface area contributed by atoms with Crippen LogP contribution in [0.3, 0.4) is 0 Å². The molecule has 1 fully saturated rings. The van der Waals surface area contributed by atoms with Gasteiger partial charge in [0.25, 0.3) is 0 Å². The van der Waals surface area contributed by atoms with E-state index in [0.717, 1.165) is 4.90 Å². The molecule has 0 aromatic heterocycles. The number of esters is 1. The Labute approximate surface area is 196 Å². The lowest BCUT2D eigenvalue weighted by Crippen LogP contribution is -2.46. The molecule has 0 unspecified atom stereocenters. The molecule has 1 saturated heterocycles. The molecule has 0 bridgehead atoms. The third-order valence-corrected chi connectivity index (χ3v) is 6.97. The normalized spacial score (nSPS) is 15.7. The van der Waals surface area contributed by atoms with Gasteiger partial charge >= 0.3 is 5.97 Å². The Morgan fingerprint density at radius 3 is 2.58 bits per heavy atom.